The smallest absolute Gasteiger partial charge is 0.279 e. The van der Waals surface area contributed by atoms with Crippen LogP contribution in [0.1, 0.15) is 25.7 Å². The Hall–Kier alpha value is -0.170. The molecular formula is C9H20N2O3S. The van der Waals surface area contributed by atoms with E-state index in [4.69, 9.17) is 5.11 Å². The fourth-order valence-corrected chi connectivity index (χ4v) is 2.65. The minimum absolute atomic E-state index is 0.0280. The van der Waals surface area contributed by atoms with Gasteiger partial charge < -0.3 is 5.11 Å². The number of aliphatic hydroxyl groups excluding tert-OH is 1. The molecule has 0 bridgehead atoms. The molecule has 90 valence electrons. The van der Waals surface area contributed by atoms with Gasteiger partial charge in [-0.15, -0.1) is 0 Å². The number of aliphatic hydroxyl groups is 1. The highest BCUT2D eigenvalue weighted by Crippen LogP contribution is 2.24. The molecular weight excluding hydrogens is 216 g/mol. The fraction of sp³-hybridized carbons (Fsp3) is 1.00. The summed E-state index contributed by atoms with van der Waals surface area (Å²) >= 11 is 0. The van der Waals surface area contributed by atoms with Crippen molar-refractivity contribution >= 4 is 10.2 Å². The lowest BCUT2D eigenvalue weighted by Gasteiger charge is -2.28. The first kappa shape index (κ1) is 12.9. The number of hydrogen-bond acceptors (Lipinski definition) is 3. The van der Waals surface area contributed by atoms with Crippen molar-refractivity contribution in [3.63, 3.8) is 0 Å². The quantitative estimate of drug-likeness (QED) is 0.718. The molecule has 1 aliphatic rings. The van der Waals surface area contributed by atoms with Crippen molar-refractivity contribution < 1.29 is 13.5 Å². The van der Waals surface area contributed by atoms with Crippen LogP contribution in [0.2, 0.25) is 0 Å². The van der Waals surface area contributed by atoms with E-state index in [1.165, 1.54) is 18.4 Å². The molecule has 0 spiro atoms. The highest BCUT2D eigenvalue weighted by atomic mass is 32.2. The Morgan fingerprint density at radius 2 is 1.80 bits per heavy atom. The van der Waals surface area contributed by atoms with Crippen LogP contribution < -0.4 is 4.72 Å². The van der Waals surface area contributed by atoms with E-state index in [9.17, 15) is 8.42 Å². The molecule has 2 N–H and O–H groups in total. The average molecular weight is 236 g/mol. The van der Waals surface area contributed by atoms with Crippen LogP contribution in [0.4, 0.5) is 0 Å². The molecule has 0 atom stereocenters. The van der Waals surface area contributed by atoms with E-state index >= 15 is 0 Å². The molecule has 1 rings (SSSR count). The molecule has 0 aromatic rings. The topological polar surface area (TPSA) is 69.6 Å². The van der Waals surface area contributed by atoms with Crippen molar-refractivity contribution in [1.82, 2.24) is 9.03 Å². The zero-order valence-electron chi connectivity index (χ0n) is 9.31. The van der Waals surface area contributed by atoms with Crippen LogP contribution in [0.15, 0.2) is 0 Å². The Kier molecular flexibility index (Phi) is 4.51. The second kappa shape index (κ2) is 5.25. The highest BCUT2D eigenvalue weighted by molar-refractivity contribution is 7.87. The molecule has 0 aromatic carbocycles. The van der Waals surface area contributed by atoms with E-state index in [1.54, 1.807) is 0 Å². The molecule has 1 fully saturated rings. The van der Waals surface area contributed by atoms with Gasteiger partial charge in [0.1, 0.15) is 0 Å². The molecule has 0 amide bonds. The Morgan fingerprint density at radius 1 is 1.27 bits per heavy atom. The Bertz CT molecular complexity index is 282. The Labute approximate surface area is 91.7 Å². The van der Waals surface area contributed by atoms with Gasteiger partial charge in [-0.3, -0.25) is 0 Å². The maximum absolute atomic E-state index is 11.5. The van der Waals surface area contributed by atoms with Crippen LogP contribution in [0.3, 0.4) is 0 Å². The lowest BCUT2D eigenvalue weighted by Crippen LogP contribution is -2.43. The lowest BCUT2D eigenvalue weighted by atomic mass is 9.87. The zero-order valence-corrected chi connectivity index (χ0v) is 10.1. The van der Waals surface area contributed by atoms with E-state index in [0.717, 1.165) is 25.7 Å². The molecule has 5 nitrogen and oxygen atoms in total. The molecule has 0 radical (unpaired) electrons. The third kappa shape index (κ3) is 3.71. The van der Waals surface area contributed by atoms with Gasteiger partial charge >= 0.3 is 0 Å². The Morgan fingerprint density at radius 3 is 2.20 bits per heavy atom. The SMILES string of the molecule is CN(C)S(=O)(=O)NC1CCC(CO)CC1. The summed E-state index contributed by atoms with van der Waals surface area (Å²) in [5, 5.41) is 8.95. The van der Waals surface area contributed by atoms with Gasteiger partial charge in [-0.1, -0.05) is 0 Å². The third-order valence-electron chi connectivity index (χ3n) is 2.90. The summed E-state index contributed by atoms with van der Waals surface area (Å²) in [6.07, 6.45) is 3.44. The van der Waals surface area contributed by atoms with Crippen molar-refractivity contribution in [2.45, 2.75) is 31.7 Å². The van der Waals surface area contributed by atoms with E-state index in [-0.39, 0.29) is 12.6 Å². The summed E-state index contributed by atoms with van der Waals surface area (Å²) in [4.78, 5) is 0. The van der Waals surface area contributed by atoms with Crippen LogP contribution >= 0.6 is 0 Å². The summed E-state index contributed by atoms with van der Waals surface area (Å²) in [5.41, 5.74) is 0. The number of hydrogen-bond donors (Lipinski definition) is 2. The summed E-state index contributed by atoms with van der Waals surface area (Å²) in [6, 6.07) is 0.0280. The largest absolute Gasteiger partial charge is 0.396 e. The lowest BCUT2D eigenvalue weighted by molar-refractivity contribution is 0.180. The van der Waals surface area contributed by atoms with Gasteiger partial charge in [0.2, 0.25) is 0 Å². The first-order chi connectivity index (χ1) is 6.95. The monoisotopic (exact) mass is 236 g/mol. The van der Waals surface area contributed by atoms with Gasteiger partial charge in [-0.05, 0) is 31.6 Å². The minimum atomic E-state index is -3.30. The summed E-state index contributed by atoms with van der Waals surface area (Å²) in [5.74, 6) is 0.352. The molecule has 1 aliphatic carbocycles. The van der Waals surface area contributed by atoms with Gasteiger partial charge in [-0.25, -0.2) is 0 Å². The van der Waals surface area contributed by atoms with Crippen LogP contribution in [0, 0.1) is 5.92 Å². The molecule has 0 aliphatic heterocycles. The van der Waals surface area contributed by atoms with Crippen molar-refractivity contribution in [3.8, 4) is 0 Å². The van der Waals surface area contributed by atoms with E-state index in [2.05, 4.69) is 4.72 Å². The van der Waals surface area contributed by atoms with Crippen LogP contribution in [0.25, 0.3) is 0 Å². The fourth-order valence-electron chi connectivity index (χ4n) is 1.78. The van der Waals surface area contributed by atoms with Crippen molar-refractivity contribution in [2.75, 3.05) is 20.7 Å². The number of rotatable bonds is 4. The van der Waals surface area contributed by atoms with Crippen molar-refractivity contribution in [1.29, 1.82) is 0 Å². The standard InChI is InChI=1S/C9H20N2O3S/c1-11(2)15(13,14)10-9-5-3-8(7-12)4-6-9/h8-10,12H,3-7H2,1-2H3. The van der Waals surface area contributed by atoms with Gasteiger partial charge in [0.05, 0.1) is 0 Å². The van der Waals surface area contributed by atoms with Gasteiger partial charge in [0, 0.05) is 26.7 Å². The Balaban J connectivity index is 2.42. The summed E-state index contributed by atoms with van der Waals surface area (Å²) in [6.45, 7) is 0.215. The third-order valence-corrected chi connectivity index (χ3v) is 4.49. The number of nitrogens with one attached hydrogen (secondary N) is 1. The zero-order chi connectivity index (χ0) is 11.5. The molecule has 15 heavy (non-hydrogen) atoms. The normalized spacial score (nSPS) is 28.3. The molecule has 0 heterocycles. The molecule has 0 saturated heterocycles. The second-order valence-electron chi connectivity index (χ2n) is 4.31. The molecule has 0 aromatic heterocycles. The van der Waals surface area contributed by atoms with E-state index in [1.807, 2.05) is 0 Å². The number of nitrogens with zero attached hydrogens (tertiary/aromatic N) is 1. The maximum atomic E-state index is 11.5. The van der Waals surface area contributed by atoms with Gasteiger partial charge in [0.25, 0.3) is 10.2 Å². The maximum Gasteiger partial charge on any atom is 0.279 e. The van der Waals surface area contributed by atoms with Crippen molar-refractivity contribution in [2.24, 2.45) is 5.92 Å². The predicted molar refractivity (Wildman–Crippen MR) is 58.6 cm³/mol. The first-order valence-electron chi connectivity index (χ1n) is 5.26. The van der Waals surface area contributed by atoms with Crippen molar-refractivity contribution in [3.05, 3.63) is 0 Å². The second-order valence-corrected chi connectivity index (χ2v) is 6.22. The molecule has 1 saturated carbocycles. The summed E-state index contributed by atoms with van der Waals surface area (Å²) < 4.78 is 26.9. The summed E-state index contributed by atoms with van der Waals surface area (Å²) in [7, 11) is -0.270. The van der Waals surface area contributed by atoms with E-state index in [0.29, 0.717) is 5.92 Å². The van der Waals surface area contributed by atoms with Gasteiger partial charge in [-0.2, -0.15) is 17.4 Å². The molecule has 6 heteroatoms. The minimum Gasteiger partial charge on any atom is -0.396 e. The first-order valence-corrected chi connectivity index (χ1v) is 6.70. The van der Waals surface area contributed by atoms with Crippen LogP contribution in [-0.4, -0.2) is 44.6 Å². The van der Waals surface area contributed by atoms with Gasteiger partial charge in [0.15, 0.2) is 0 Å². The van der Waals surface area contributed by atoms with Crippen LogP contribution in [0.5, 0.6) is 0 Å². The highest BCUT2D eigenvalue weighted by Gasteiger charge is 2.25. The van der Waals surface area contributed by atoms with E-state index < -0.39 is 10.2 Å². The average Bonchev–Trinajstić information content (AvgIpc) is 2.18. The molecule has 0 unspecified atom stereocenters. The van der Waals surface area contributed by atoms with Crippen LogP contribution in [-0.2, 0) is 10.2 Å². The predicted octanol–water partition coefficient (Wildman–Crippen LogP) is -0.0665.